The van der Waals surface area contributed by atoms with Crippen LogP contribution in [0.3, 0.4) is 0 Å². The van der Waals surface area contributed by atoms with Crippen LogP contribution in [0.15, 0.2) is 18.3 Å². The van der Waals surface area contributed by atoms with Gasteiger partial charge >= 0.3 is 0 Å². The highest BCUT2D eigenvalue weighted by Crippen LogP contribution is 2.31. The average molecular weight is 289 g/mol. The molecule has 116 valence electrons. The summed E-state index contributed by atoms with van der Waals surface area (Å²) >= 11 is 0. The molecule has 2 heterocycles. The second kappa shape index (κ2) is 6.65. The van der Waals surface area contributed by atoms with E-state index in [2.05, 4.69) is 41.2 Å². The average Bonchev–Trinajstić information content (AvgIpc) is 2.53. The lowest BCUT2D eigenvalue weighted by Crippen LogP contribution is -2.36. The molecule has 1 aliphatic heterocycles. The van der Waals surface area contributed by atoms with Crippen molar-refractivity contribution in [3.63, 3.8) is 0 Å². The molecule has 2 fully saturated rings. The van der Waals surface area contributed by atoms with Gasteiger partial charge in [0.05, 0.1) is 25.1 Å². The maximum absolute atomic E-state index is 5.38. The number of ether oxygens (including phenoxy) is 1. The quantitative estimate of drug-likeness (QED) is 0.927. The Morgan fingerprint density at radius 3 is 2.62 bits per heavy atom. The summed E-state index contributed by atoms with van der Waals surface area (Å²) in [5.41, 5.74) is 1.15. The number of anilines is 2. The summed E-state index contributed by atoms with van der Waals surface area (Å²) in [7, 11) is 0. The molecule has 1 aromatic rings. The Kier molecular flexibility index (Phi) is 4.63. The molecule has 0 spiro atoms. The fraction of sp³-hybridized carbons (Fsp3) is 0.706. The van der Waals surface area contributed by atoms with Crippen molar-refractivity contribution in [2.45, 2.75) is 39.2 Å². The second-order valence-electron chi connectivity index (χ2n) is 6.61. The minimum absolute atomic E-state index is 0.604. The third kappa shape index (κ3) is 3.67. The minimum atomic E-state index is 0.604. The lowest BCUT2D eigenvalue weighted by Gasteiger charge is -2.33. The molecule has 1 aromatic heterocycles. The minimum Gasteiger partial charge on any atom is -0.381 e. The first kappa shape index (κ1) is 14.6. The van der Waals surface area contributed by atoms with Crippen molar-refractivity contribution >= 4 is 11.5 Å². The number of hydrogen-bond acceptors (Lipinski definition) is 4. The van der Waals surface area contributed by atoms with Gasteiger partial charge in [-0.3, -0.25) is 0 Å². The summed E-state index contributed by atoms with van der Waals surface area (Å²) in [6.45, 7) is 8.24. The number of pyridine rings is 1. The van der Waals surface area contributed by atoms with Crippen molar-refractivity contribution < 1.29 is 4.74 Å². The van der Waals surface area contributed by atoms with Crippen LogP contribution >= 0.6 is 0 Å². The summed E-state index contributed by atoms with van der Waals surface area (Å²) in [6.07, 6.45) is 5.86. The third-order valence-corrected chi connectivity index (χ3v) is 5.05. The lowest BCUT2D eigenvalue weighted by molar-refractivity contribution is 0.122. The van der Waals surface area contributed by atoms with Crippen LogP contribution in [0.2, 0.25) is 0 Å². The maximum atomic E-state index is 5.38. The summed E-state index contributed by atoms with van der Waals surface area (Å²) in [6, 6.07) is 4.90. The monoisotopic (exact) mass is 289 g/mol. The van der Waals surface area contributed by atoms with E-state index < -0.39 is 0 Å². The molecular formula is C17H27N3O. The van der Waals surface area contributed by atoms with E-state index in [4.69, 9.17) is 4.74 Å². The molecule has 0 bridgehead atoms. The van der Waals surface area contributed by atoms with Gasteiger partial charge in [0.25, 0.3) is 0 Å². The summed E-state index contributed by atoms with van der Waals surface area (Å²) in [4.78, 5) is 6.90. The zero-order valence-electron chi connectivity index (χ0n) is 13.2. The smallest absolute Gasteiger partial charge is 0.128 e. The fourth-order valence-electron chi connectivity index (χ4n) is 3.37. The summed E-state index contributed by atoms with van der Waals surface area (Å²) < 4.78 is 5.38. The van der Waals surface area contributed by atoms with Crippen LogP contribution in [0.25, 0.3) is 0 Å². The van der Waals surface area contributed by atoms with E-state index in [0.29, 0.717) is 6.04 Å². The van der Waals surface area contributed by atoms with E-state index in [0.717, 1.165) is 49.6 Å². The van der Waals surface area contributed by atoms with Crippen molar-refractivity contribution in [1.82, 2.24) is 4.98 Å². The lowest BCUT2D eigenvalue weighted by atomic mass is 9.79. The Hall–Kier alpha value is -1.29. The van der Waals surface area contributed by atoms with Crippen LogP contribution < -0.4 is 10.2 Å². The number of nitrogens with zero attached hydrogens (tertiary/aromatic N) is 2. The third-order valence-electron chi connectivity index (χ3n) is 5.05. The molecule has 1 aliphatic carbocycles. The fourth-order valence-corrected chi connectivity index (χ4v) is 3.37. The molecule has 3 rings (SSSR count). The van der Waals surface area contributed by atoms with Gasteiger partial charge < -0.3 is 15.0 Å². The number of morpholine rings is 1. The van der Waals surface area contributed by atoms with Gasteiger partial charge in [-0.15, -0.1) is 0 Å². The second-order valence-corrected chi connectivity index (χ2v) is 6.61. The highest BCUT2D eigenvalue weighted by Gasteiger charge is 2.24. The van der Waals surface area contributed by atoms with E-state index in [-0.39, 0.29) is 0 Å². The summed E-state index contributed by atoms with van der Waals surface area (Å²) in [5, 5.41) is 3.66. The van der Waals surface area contributed by atoms with Crippen LogP contribution in [-0.4, -0.2) is 37.3 Å². The topological polar surface area (TPSA) is 37.4 Å². The highest BCUT2D eigenvalue weighted by molar-refractivity contribution is 5.49. The first-order chi connectivity index (χ1) is 10.2. The molecule has 2 aliphatic rings. The van der Waals surface area contributed by atoms with Crippen molar-refractivity contribution in [3.8, 4) is 0 Å². The van der Waals surface area contributed by atoms with E-state index in [1.165, 1.54) is 19.3 Å². The van der Waals surface area contributed by atoms with Gasteiger partial charge in [0.2, 0.25) is 0 Å². The maximum Gasteiger partial charge on any atom is 0.128 e. The zero-order valence-corrected chi connectivity index (χ0v) is 13.2. The largest absolute Gasteiger partial charge is 0.381 e. The number of nitrogens with one attached hydrogen (secondary N) is 1. The van der Waals surface area contributed by atoms with Gasteiger partial charge in [0.15, 0.2) is 0 Å². The van der Waals surface area contributed by atoms with Gasteiger partial charge in [-0.2, -0.15) is 0 Å². The van der Waals surface area contributed by atoms with Gasteiger partial charge in [-0.05, 0) is 43.2 Å². The zero-order chi connectivity index (χ0) is 14.7. The molecule has 4 nitrogen and oxygen atoms in total. The Bertz CT molecular complexity index is 442. The number of hydrogen-bond donors (Lipinski definition) is 1. The molecule has 0 aromatic carbocycles. The Morgan fingerprint density at radius 2 is 1.95 bits per heavy atom. The van der Waals surface area contributed by atoms with Crippen LogP contribution in [-0.2, 0) is 4.74 Å². The predicted octanol–water partition coefficient (Wildman–Crippen LogP) is 3.15. The molecule has 21 heavy (non-hydrogen) atoms. The van der Waals surface area contributed by atoms with Crippen LogP contribution in [0, 0.1) is 11.8 Å². The molecule has 1 saturated carbocycles. The SMILES string of the molecule is CC1CCC(Nc2ccc(N3CCOCC3)nc2)CC1C. The van der Waals surface area contributed by atoms with Crippen molar-refractivity contribution in [1.29, 1.82) is 0 Å². The molecule has 4 heteroatoms. The van der Waals surface area contributed by atoms with Crippen LogP contribution in [0.5, 0.6) is 0 Å². The molecular weight excluding hydrogens is 262 g/mol. The van der Waals surface area contributed by atoms with Gasteiger partial charge in [0.1, 0.15) is 5.82 Å². The van der Waals surface area contributed by atoms with Crippen molar-refractivity contribution in [3.05, 3.63) is 18.3 Å². The first-order valence-corrected chi connectivity index (χ1v) is 8.27. The number of rotatable bonds is 3. The molecule has 0 amide bonds. The van der Waals surface area contributed by atoms with Gasteiger partial charge in [-0.1, -0.05) is 13.8 Å². The van der Waals surface area contributed by atoms with Crippen molar-refractivity contribution in [2.24, 2.45) is 11.8 Å². The predicted molar refractivity (Wildman–Crippen MR) is 86.9 cm³/mol. The van der Waals surface area contributed by atoms with E-state index >= 15 is 0 Å². The van der Waals surface area contributed by atoms with Gasteiger partial charge in [0, 0.05) is 19.1 Å². The van der Waals surface area contributed by atoms with Gasteiger partial charge in [-0.25, -0.2) is 4.98 Å². The Balaban J connectivity index is 1.57. The Morgan fingerprint density at radius 1 is 1.14 bits per heavy atom. The molecule has 1 N–H and O–H groups in total. The molecule has 3 unspecified atom stereocenters. The highest BCUT2D eigenvalue weighted by atomic mass is 16.5. The molecule has 3 atom stereocenters. The number of aromatic nitrogens is 1. The van der Waals surface area contributed by atoms with E-state index in [9.17, 15) is 0 Å². The molecule has 0 radical (unpaired) electrons. The van der Waals surface area contributed by atoms with Crippen LogP contribution in [0.4, 0.5) is 11.5 Å². The molecule has 1 saturated heterocycles. The Labute approximate surface area is 127 Å². The van der Waals surface area contributed by atoms with E-state index in [1.54, 1.807) is 0 Å². The first-order valence-electron chi connectivity index (χ1n) is 8.27. The summed E-state index contributed by atoms with van der Waals surface area (Å²) in [5.74, 6) is 2.75. The van der Waals surface area contributed by atoms with Crippen molar-refractivity contribution in [2.75, 3.05) is 36.5 Å². The van der Waals surface area contributed by atoms with E-state index in [1.807, 2.05) is 6.20 Å². The standard InChI is InChI=1S/C17H27N3O/c1-13-3-4-15(11-14(13)2)19-16-5-6-17(18-12-16)20-7-9-21-10-8-20/h5-6,12-15,19H,3-4,7-11H2,1-2H3. The van der Waals surface area contributed by atoms with Crippen LogP contribution in [0.1, 0.15) is 33.1 Å². The normalized spacial score (nSPS) is 30.2.